The Morgan fingerprint density at radius 2 is 0.743 bits per heavy atom. The third-order valence-electron chi connectivity index (χ3n) is 7.51. The Bertz CT molecular complexity index is 384. The predicted octanol–water partition coefficient (Wildman–Crippen LogP) is 9.96. The van der Waals surface area contributed by atoms with Gasteiger partial charge in [-0.25, -0.2) is 0 Å². The zero-order chi connectivity index (χ0) is 25.7. The first-order valence-corrected chi connectivity index (χ1v) is 16.2. The van der Waals surface area contributed by atoms with Crippen LogP contribution in [0.3, 0.4) is 0 Å². The molecule has 0 aromatic heterocycles. The van der Waals surface area contributed by atoms with E-state index in [9.17, 15) is 4.79 Å². The third-order valence-corrected chi connectivity index (χ3v) is 7.51. The van der Waals surface area contributed by atoms with Gasteiger partial charge in [-0.2, -0.15) is 0 Å². The molecule has 0 aliphatic rings. The van der Waals surface area contributed by atoms with Gasteiger partial charge in [0.15, 0.2) is 0 Å². The molecular formula is C32H66N2O. The summed E-state index contributed by atoms with van der Waals surface area (Å²) >= 11 is 0. The van der Waals surface area contributed by atoms with Crippen LogP contribution in [-0.2, 0) is 4.79 Å². The molecule has 0 aliphatic carbocycles. The van der Waals surface area contributed by atoms with E-state index >= 15 is 0 Å². The molecule has 0 spiro atoms. The summed E-state index contributed by atoms with van der Waals surface area (Å²) in [6, 6.07) is 0. The summed E-state index contributed by atoms with van der Waals surface area (Å²) in [5, 5.41) is 0. The largest absolute Gasteiger partial charge is 0.343 e. The Hall–Kier alpha value is -0.570. The summed E-state index contributed by atoms with van der Waals surface area (Å²) in [5.41, 5.74) is 5.65. The molecule has 1 amide bonds. The first-order chi connectivity index (χ1) is 17.3. The van der Waals surface area contributed by atoms with E-state index in [0.29, 0.717) is 18.9 Å². The van der Waals surface area contributed by atoms with Crippen molar-refractivity contribution in [3.05, 3.63) is 0 Å². The molecule has 0 radical (unpaired) electrons. The van der Waals surface area contributed by atoms with E-state index in [2.05, 4.69) is 18.7 Å². The Morgan fingerprint density at radius 1 is 0.457 bits per heavy atom. The molecule has 0 atom stereocenters. The SMILES string of the molecule is CCCCCCCCCCCCCCN(CCCCCCCCCCCCCC)C(=O)CCCN. The minimum atomic E-state index is 0.335. The molecule has 0 aromatic rings. The molecule has 2 N–H and O–H groups in total. The highest BCUT2D eigenvalue weighted by molar-refractivity contribution is 5.76. The molecule has 0 saturated carbocycles. The summed E-state index contributed by atoms with van der Waals surface area (Å²) in [7, 11) is 0. The minimum absolute atomic E-state index is 0.335. The topological polar surface area (TPSA) is 46.3 Å². The highest BCUT2D eigenvalue weighted by Gasteiger charge is 2.12. The maximum Gasteiger partial charge on any atom is 0.222 e. The van der Waals surface area contributed by atoms with Crippen LogP contribution in [0.25, 0.3) is 0 Å². The molecule has 0 bridgehead atoms. The van der Waals surface area contributed by atoms with Crippen LogP contribution in [-0.4, -0.2) is 30.4 Å². The van der Waals surface area contributed by atoms with Crippen molar-refractivity contribution < 1.29 is 4.79 Å². The second kappa shape index (κ2) is 29.7. The molecular weight excluding hydrogens is 428 g/mol. The van der Waals surface area contributed by atoms with E-state index in [0.717, 1.165) is 19.5 Å². The lowest BCUT2D eigenvalue weighted by Crippen LogP contribution is -2.33. The molecule has 35 heavy (non-hydrogen) atoms. The summed E-state index contributed by atoms with van der Waals surface area (Å²) in [6.45, 7) is 7.11. The van der Waals surface area contributed by atoms with Crippen LogP contribution in [0.5, 0.6) is 0 Å². The van der Waals surface area contributed by atoms with E-state index in [1.807, 2.05) is 0 Å². The smallest absolute Gasteiger partial charge is 0.222 e. The lowest BCUT2D eigenvalue weighted by Gasteiger charge is -2.23. The van der Waals surface area contributed by atoms with Crippen molar-refractivity contribution in [2.24, 2.45) is 5.73 Å². The van der Waals surface area contributed by atoms with Gasteiger partial charge in [-0.1, -0.05) is 155 Å². The first-order valence-electron chi connectivity index (χ1n) is 16.2. The Kier molecular flexibility index (Phi) is 29.2. The van der Waals surface area contributed by atoms with E-state index in [1.54, 1.807) is 0 Å². The second-order valence-electron chi connectivity index (χ2n) is 11.1. The Morgan fingerprint density at radius 3 is 1.03 bits per heavy atom. The van der Waals surface area contributed by atoms with Crippen molar-refractivity contribution in [1.29, 1.82) is 0 Å². The highest BCUT2D eigenvalue weighted by atomic mass is 16.2. The first kappa shape index (κ1) is 34.4. The number of nitrogens with zero attached hydrogens (tertiary/aromatic N) is 1. The van der Waals surface area contributed by atoms with E-state index in [-0.39, 0.29) is 0 Å². The number of carbonyl (C=O) groups excluding carboxylic acids is 1. The Balaban J connectivity index is 3.75. The number of hydrogen-bond acceptors (Lipinski definition) is 2. The van der Waals surface area contributed by atoms with Crippen molar-refractivity contribution >= 4 is 5.91 Å². The number of rotatable bonds is 29. The number of hydrogen-bond donors (Lipinski definition) is 1. The molecule has 0 saturated heterocycles. The normalized spacial score (nSPS) is 11.3. The average Bonchev–Trinajstić information content (AvgIpc) is 2.87. The lowest BCUT2D eigenvalue weighted by molar-refractivity contribution is -0.131. The molecule has 3 nitrogen and oxygen atoms in total. The summed E-state index contributed by atoms with van der Waals surface area (Å²) in [5.74, 6) is 0.335. The maximum atomic E-state index is 12.6. The van der Waals surface area contributed by atoms with Crippen molar-refractivity contribution in [3.8, 4) is 0 Å². The van der Waals surface area contributed by atoms with Crippen molar-refractivity contribution in [2.75, 3.05) is 19.6 Å². The van der Waals surface area contributed by atoms with E-state index in [1.165, 1.54) is 154 Å². The molecule has 0 rings (SSSR count). The zero-order valence-electron chi connectivity index (χ0n) is 24.4. The molecule has 0 unspecified atom stereocenters. The summed E-state index contributed by atoms with van der Waals surface area (Å²) in [4.78, 5) is 14.8. The van der Waals surface area contributed by atoms with Gasteiger partial charge in [-0.15, -0.1) is 0 Å². The highest BCUT2D eigenvalue weighted by Crippen LogP contribution is 2.14. The van der Waals surface area contributed by atoms with Crippen LogP contribution < -0.4 is 5.73 Å². The lowest BCUT2D eigenvalue weighted by atomic mass is 10.0. The van der Waals surface area contributed by atoms with Gasteiger partial charge in [0.1, 0.15) is 0 Å². The standard InChI is InChI=1S/C32H66N2O/c1-3-5-7-9-11-13-15-17-19-21-23-25-30-34(32(35)28-27-29-33)31-26-24-22-20-18-16-14-12-10-8-6-4-2/h3-31,33H2,1-2H3. The molecule has 0 aromatic carbocycles. The van der Waals surface area contributed by atoms with Crippen molar-refractivity contribution in [3.63, 3.8) is 0 Å². The van der Waals surface area contributed by atoms with Gasteiger partial charge in [0.25, 0.3) is 0 Å². The zero-order valence-corrected chi connectivity index (χ0v) is 24.4. The van der Waals surface area contributed by atoms with E-state index < -0.39 is 0 Å². The number of nitrogens with two attached hydrogens (primary N) is 1. The molecule has 3 heteroatoms. The van der Waals surface area contributed by atoms with Gasteiger partial charge in [-0.05, 0) is 25.8 Å². The Labute approximate surface area is 221 Å². The van der Waals surface area contributed by atoms with Crippen LogP contribution in [0, 0.1) is 0 Å². The fourth-order valence-electron chi connectivity index (χ4n) is 5.06. The van der Waals surface area contributed by atoms with Gasteiger partial charge < -0.3 is 10.6 Å². The molecule has 0 heterocycles. The fraction of sp³-hybridized carbons (Fsp3) is 0.969. The second-order valence-corrected chi connectivity index (χ2v) is 11.1. The van der Waals surface area contributed by atoms with Crippen molar-refractivity contribution in [2.45, 2.75) is 181 Å². The number of carbonyl (C=O) groups is 1. The van der Waals surface area contributed by atoms with Crippen LogP contribution >= 0.6 is 0 Å². The monoisotopic (exact) mass is 495 g/mol. The third kappa shape index (κ3) is 26.3. The fourth-order valence-corrected chi connectivity index (χ4v) is 5.06. The summed E-state index contributed by atoms with van der Waals surface area (Å²) < 4.78 is 0. The molecule has 210 valence electrons. The van der Waals surface area contributed by atoms with E-state index in [4.69, 9.17) is 5.73 Å². The van der Waals surface area contributed by atoms with Crippen LogP contribution in [0.15, 0.2) is 0 Å². The van der Waals surface area contributed by atoms with Crippen LogP contribution in [0.4, 0.5) is 0 Å². The van der Waals surface area contributed by atoms with Gasteiger partial charge in [0.2, 0.25) is 5.91 Å². The van der Waals surface area contributed by atoms with Gasteiger partial charge in [0.05, 0.1) is 0 Å². The number of unbranched alkanes of at least 4 members (excludes halogenated alkanes) is 22. The van der Waals surface area contributed by atoms with Crippen LogP contribution in [0.2, 0.25) is 0 Å². The minimum Gasteiger partial charge on any atom is -0.343 e. The molecule has 0 aliphatic heterocycles. The quantitative estimate of drug-likeness (QED) is 0.105. The van der Waals surface area contributed by atoms with Crippen LogP contribution in [0.1, 0.15) is 181 Å². The molecule has 0 fully saturated rings. The van der Waals surface area contributed by atoms with Crippen molar-refractivity contribution in [1.82, 2.24) is 4.90 Å². The van der Waals surface area contributed by atoms with Gasteiger partial charge >= 0.3 is 0 Å². The van der Waals surface area contributed by atoms with Gasteiger partial charge in [0, 0.05) is 19.5 Å². The predicted molar refractivity (Wildman–Crippen MR) is 157 cm³/mol. The van der Waals surface area contributed by atoms with Gasteiger partial charge in [-0.3, -0.25) is 4.79 Å². The summed E-state index contributed by atoms with van der Waals surface area (Å²) in [6.07, 6.45) is 34.3. The average molecular weight is 495 g/mol. The maximum absolute atomic E-state index is 12.6. The number of amides is 1.